The fourth-order valence-electron chi connectivity index (χ4n) is 3.65. The fourth-order valence-corrected chi connectivity index (χ4v) is 4.56. The number of para-hydroxylation sites is 1. The Bertz CT molecular complexity index is 922. The molecule has 7 heteroatoms. The lowest BCUT2D eigenvalue weighted by Crippen LogP contribution is -2.39. The van der Waals surface area contributed by atoms with Crippen LogP contribution in [0.25, 0.3) is 10.9 Å². The number of nitrogens with zero attached hydrogens (tertiary/aromatic N) is 3. The van der Waals surface area contributed by atoms with Gasteiger partial charge < -0.3 is 20.5 Å². The van der Waals surface area contributed by atoms with Crippen molar-refractivity contribution < 1.29 is 0 Å². The zero-order valence-electron chi connectivity index (χ0n) is 16.4. The second kappa shape index (κ2) is 9.10. The molecular formula is C21H28N6S. The highest BCUT2D eigenvalue weighted by molar-refractivity contribution is 7.13. The fraction of sp³-hybridized carbons (Fsp3) is 0.429. The van der Waals surface area contributed by atoms with E-state index in [2.05, 4.69) is 61.4 Å². The molecule has 3 heterocycles. The molecule has 0 aliphatic carbocycles. The zero-order valence-corrected chi connectivity index (χ0v) is 17.2. The molecule has 0 saturated carbocycles. The Hall–Kier alpha value is -2.54. The maximum Gasteiger partial charge on any atom is 0.190 e. The normalized spacial score (nSPS) is 14.8. The van der Waals surface area contributed by atoms with Gasteiger partial charge in [-0.1, -0.05) is 18.2 Å². The number of anilines is 1. The molecule has 148 valence electrons. The summed E-state index contributed by atoms with van der Waals surface area (Å²) in [6.07, 6.45) is 6.54. The lowest BCUT2D eigenvalue weighted by molar-refractivity contribution is 0.778. The molecule has 1 fully saturated rings. The first kappa shape index (κ1) is 18.8. The number of aromatic nitrogens is 2. The van der Waals surface area contributed by atoms with Gasteiger partial charge in [0.15, 0.2) is 11.1 Å². The summed E-state index contributed by atoms with van der Waals surface area (Å²) >= 11 is 1.76. The highest BCUT2D eigenvalue weighted by atomic mass is 32.1. The first-order valence-corrected chi connectivity index (χ1v) is 10.9. The lowest BCUT2D eigenvalue weighted by Gasteiger charge is -2.12. The van der Waals surface area contributed by atoms with Gasteiger partial charge in [0, 0.05) is 62.1 Å². The summed E-state index contributed by atoms with van der Waals surface area (Å²) in [5.74, 6) is 0.842. The summed E-state index contributed by atoms with van der Waals surface area (Å²) in [6, 6.07) is 8.42. The predicted octanol–water partition coefficient (Wildman–Crippen LogP) is 3.17. The van der Waals surface area contributed by atoms with Gasteiger partial charge in [-0.2, -0.15) is 0 Å². The minimum Gasteiger partial charge on any atom is -0.361 e. The number of benzene rings is 1. The van der Waals surface area contributed by atoms with E-state index >= 15 is 0 Å². The zero-order chi connectivity index (χ0) is 19.2. The van der Waals surface area contributed by atoms with E-state index in [1.54, 1.807) is 11.3 Å². The van der Waals surface area contributed by atoms with Crippen molar-refractivity contribution in [2.24, 2.45) is 4.99 Å². The Balaban J connectivity index is 1.21. The number of aliphatic imine (C=N–C) groups is 1. The van der Waals surface area contributed by atoms with Crippen molar-refractivity contribution in [1.29, 1.82) is 0 Å². The van der Waals surface area contributed by atoms with Crippen molar-refractivity contribution in [3.8, 4) is 0 Å². The second-order valence-electron chi connectivity index (χ2n) is 7.10. The van der Waals surface area contributed by atoms with Crippen LogP contribution in [-0.4, -0.2) is 49.2 Å². The first-order valence-electron chi connectivity index (χ1n) is 10.0. The van der Waals surface area contributed by atoms with Crippen LogP contribution in [0.5, 0.6) is 0 Å². The Morgan fingerprint density at radius 2 is 1.96 bits per heavy atom. The van der Waals surface area contributed by atoms with Gasteiger partial charge in [0.25, 0.3) is 0 Å². The molecule has 2 aromatic heterocycles. The van der Waals surface area contributed by atoms with Crippen LogP contribution in [0.1, 0.15) is 24.1 Å². The molecule has 0 spiro atoms. The summed E-state index contributed by atoms with van der Waals surface area (Å²) in [5, 5.41) is 11.5. The number of fused-ring (bicyclic) bond motifs is 1. The molecule has 0 radical (unpaired) electrons. The van der Waals surface area contributed by atoms with Gasteiger partial charge in [-0.25, -0.2) is 4.98 Å². The minimum atomic E-state index is 0.829. The van der Waals surface area contributed by atoms with Gasteiger partial charge in [0.2, 0.25) is 0 Å². The average molecular weight is 397 g/mol. The van der Waals surface area contributed by atoms with Crippen molar-refractivity contribution in [2.45, 2.75) is 25.7 Å². The molecule has 0 unspecified atom stereocenters. The molecule has 3 N–H and O–H groups in total. The van der Waals surface area contributed by atoms with E-state index in [1.165, 1.54) is 34.4 Å². The maximum atomic E-state index is 4.78. The Morgan fingerprint density at radius 1 is 1.18 bits per heavy atom. The number of H-pyrrole nitrogens is 1. The van der Waals surface area contributed by atoms with Gasteiger partial charge in [0.05, 0.1) is 5.69 Å². The van der Waals surface area contributed by atoms with E-state index in [-0.39, 0.29) is 0 Å². The van der Waals surface area contributed by atoms with Gasteiger partial charge >= 0.3 is 0 Å². The highest BCUT2D eigenvalue weighted by Crippen LogP contribution is 2.24. The summed E-state index contributed by atoms with van der Waals surface area (Å²) < 4.78 is 0. The number of rotatable bonds is 7. The molecule has 0 amide bonds. The molecule has 6 nitrogen and oxygen atoms in total. The van der Waals surface area contributed by atoms with Crippen LogP contribution in [0.2, 0.25) is 0 Å². The van der Waals surface area contributed by atoms with Gasteiger partial charge in [-0.3, -0.25) is 4.99 Å². The molecule has 0 bridgehead atoms. The highest BCUT2D eigenvalue weighted by Gasteiger charge is 2.15. The Morgan fingerprint density at radius 3 is 2.79 bits per heavy atom. The van der Waals surface area contributed by atoms with E-state index in [0.29, 0.717) is 0 Å². The van der Waals surface area contributed by atoms with Crippen LogP contribution in [0.15, 0.2) is 40.8 Å². The average Bonchev–Trinajstić information content (AvgIpc) is 3.47. The van der Waals surface area contributed by atoms with Crippen molar-refractivity contribution in [3.63, 3.8) is 0 Å². The largest absolute Gasteiger partial charge is 0.361 e. The smallest absolute Gasteiger partial charge is 0.190 e. The lowest BCUT2D eigenvalue weighted by atomic mass is 10.1. The third-order valence-corrected chi connectivity index (χ3v) is 6.13. The molecule has 3 aromatic rings. The maximum absolute atomic E-state index is 4.78. The third kappa shape index (κ3) is 4.47. The summed E-state index contributed by atoms with van der Waals surface area (Å²) in [4.78, 5) is 14.8. The molecule has 1 aliphatic heterocycles. The second-order valence-corrected chi connectivity index (χ2v) is 7.94. The van der Waals surface area contributed by atoms with E-state index < -0.39 is 0 Å². The van der Waals surface area contributed by atoms with Gasteiger partial charge in [0.1, 0.15) is 0 Å². The van der Waals surface area contributed by atoms with Gasteiger partial charge in [-0.15, -0.1) is 11.3 Å². The number of aromatic amines is 1. The molecule has 1 aliphatic rings. The Kier molecular flexibility index (Phi) is 6.11. The summed E-state index contributed by atoms with van der Waals surface area (Å²) in [5.41, 5.74) is 3.68. The summed E-state index contributed by atoms with van der Waals surface area (Å²) in [7, 11) is 1.81. The van der Waals surface area contributed by atoms with E-state index in [4.69, 9.17) is 4.98 Å². The van der Waals surface area contributed by atoms with E-state index in [1.807, 2.05) is 7.05 Å². The molecule has 1 aromatic carbocycles. The van der Waals surface area contributed by atoms with Crippen LogP contribution >= 0.6 is 11.3 Å². The van der Waals surface area contributed by atoms with E-state index in [0.717, 1.165) is 50.7 Å². The molecular weight excluding hydrogens is 368 g/mol. The molecule has 28 heavy (non-hydrogen) atoms. The quantitative estimate of drug-likeness (QED) is 0.424. The summed E-state index contributed by atoms with van der Waals surface area (Å²) in [6.45, 7) is 3.98. The number of nitrogens with one attached hydrogen (secondary N) is 3. The van der Waals surface area contributed by atoms with Crippen LogP contribution in [-0.2, 0) is 12.8 Å². The molecule has 1 saturated heterocycles. The van der Waals surface area contributed by atoms with Crippen molar-refractivity contribution >= 4 is 33.3 Å². The molecule has 4 rings (SSSR count). The SMILES string of the molecule is CN=C(NCCc1csc(N2CCCC2)n1)NCCc1c[nH]c2ccccc12. The predicted molar refractivity (Wildman–Crippen MR) is 119 cm³/mol. The van der Waals surface area contributed by atoms with Crippen LogP contribution in [0.4, 0.5) is 5.13 Å². The van der Waals surface area contributed by atoms with Crippen LogP contribution in [0.3, 0.4) is 0 Å². The number of hydrogen-bond donors (Lipinski definition) is 3. The van der Waals surface area contributed by atoms with E-state index in [9.17, 15) is 0 Å². The number of hydrogen-bond acceptors (Lipinski definition) is 4. The standard InChI is InChI=1S/C21H28N6S/c1-22-20(23-10-8-16-14-25-19-7-3-2-6-18(16)19)24-11-9-17-15-28-21(26-17)27-12-4-5-13-27/h2-3,6-7,14-15,25H,4-5,8-13H2,1H3,(H2,22,23,24). The molecule has 0 atom stereocenters. The monoisotopic (exact) mass is 396 g/mol. The van der Waals surface area contributed by atoms with Crippen molar-refractivity contribution in [1.82, 2.24) is 20.6 Å². The van der Waals surface area contributed by atoms with Gasteiger partial charge in [-0.05, 0) is 30.9 Å². The first-order chi connectivity index (χ1) is 13.8. The number of thiazole rings is 1. The number of guanidine groups is 1. The van der Waals surface area contributed by atoms with Crippen LogP contribution < -0.4 is 15.5 Å². The topological polar surface area (TPSA) is 68.3 Å². The van der Waals surface area contributed by atoms with Crippen molar-refractivity contribution in [2.75, 3.05) is 38.1 Å². The Labute approximate surface area is 170 Å². The third-order valence-electron chi connectivity index (χ3n) is 5.18. The minimum absolute atomic E-state index is 0.829. The van der Waals surface area contributed by atoms with Crippen LogP contribution in [0, 0.1) is 0 Å². The van der Waals surface area contributed by atoms with Crippen molar-refractivity contribution in [3.05, 3.63) is 47.1 Å².